The van der Waals surface area contributed by atoms with Crippen molar-refractivity contribution in [3.05, 3.63) is 64.4 Å². The summed E-state index contributed by atoms with van der Waals surface area (Å²) in [6.07, 6.45) is 0. The van der Waals surface area contributed by atoms with Crippen molar-refractivity contribution in [3.8, 4) is 0 Å². The molecule has 21 heavy (non-hydrogen) atoms. The Morgan fingerprint density at radius 2 is 1.95 bits per heavy atom. The van der Waals surface area contributed by atoms with Gasteiger partial charge < -0.3 is 10.6 Å². The summed E-state index contributed by atoms with van der Waals surface area (Å²) in [7, 11) is 2.00. The maximum atomic E-state index is 11.8. The van der Waals surface area contributed by atoms with E-state index in [1.54, 1.807) is 6.07 Å². The van der Waals surface area contributed by atoms with E-state index in [9.17, 15) is 4.79 Å². The Labute approximate surface area is 122 Å². The fourth-order valence-electron chi connectivity index (χ4n) is 2.33. The fraction of sp³-hybridized carbons (Fsp3) is 0.125. The molecule has 5 heteroatoms. The second-order valence-corrected chi connectivity index (χ2v) is 4.99. The molecule has 0 amide bonds. The highest BCUT2D eigenvalue weighted by Crippen LogP contribution is 2.20. The quantitative estimate of drug-likeness (QED) is 0.770. The summed E-state index contributed by atoms with van der Waals surface area (Å²) in [5.41, 5.74) is 8.20. The molecule has 0 aliphatic heterocycles. The number of hydrogen-bond donors (Lipinski definition) is 2. The summed E-state index contributed by atoms with van der Waals surface area (Å²) < 4.78 is 0. The Hall–Kier alpha value is -2.82. The van der Waals surface area contributed by atoms with Gasteiger partial charge >= 0.3 is 0 Å². The number of nitrogen functional groups attached to an aromatic ring is 1. The molecule has 0 spiro atoms. The summed E-state index contributed by atoms with van der Waals surface area (Å²) in [4.78, 5) is 20.6. The van der Waals surface area contributed by atoms with Crippen LogP contribution in [0.5, 0.6) is 0 Å². The third-order valence-electron chi connectivity index (χ3n) is 3.41. The zero-order valence-corrected chi connectivity index (χ0v) is 11.7. The maximum Gasteiger partial charge on any atom is 0.260 e. The number of fused-ring (bicyclic) bond motifs is 1. The topological polar surface area (TPSA) is 75.0 Å². The van der Waals surface area contributed by atoms with Gasteiger partial charge in [0.15, 0.2) is 0 Å². The largest absolute Gasteiger partial charge is 0.370 e. The molecule has 0 bridgehead atoms. The van der Waals surface area contributed by atoms with Gasteiger partial charge in [0.1, 0.15) is 0 Å². The van der Waals surface area contributed by atoms with E-state index in [-0.39, 0.29) is 11.5 Å². The smallest absolute Gasteiger partial charge is 0.260 e. The minimum Gasteiger partial charge on any atom is -0.370 e. The highest BCUT2D eigenvalue weighted by atomic mass is 16.1. The monoisotopic (exact) mass is 280 g/mol. The van der Waals surface area contributed by atoms with Gasteiger partial charge in [0.25, 0.3) is 5.56 Å². The maximum absolute atomic E-state index is 11.8. The van der Waals surface area contributed by atoms with E-state index >= 15 is 0 Å². The molecule has 3 aromatic rings. The second kappa shape index (κ2) is 5.28. The summed E-state index contributed by atoms with van der Waals surface area (Å²) in [6, 6.07) is 15.8. The van der Waals surface area contributed by atoms with Crippen molar-refractivity contribution in [1.29, 1.82) is 0 Å². The normalized spacial score (nSPS) is 10.7. The first-order valence-electron chi connectivity index (χ1n) is 6.68. The minimum atomic E-state index is -0.213. The lowest BCUT2D eigenvalue weighted by atomic mass is 10.2. The summed E-state index contributed by atoms with van der Waals surface area (Å²) >= 11 is 0. The first-order chi connectivity index (χ1) is 10.1. The number of aromatic amines is 1. The predicted octanol–water partition coefficient (Wildman–Crippen LogP) is 2.14. The number of hydrogen-bond acceptors (Lipinski definition) is 4. The Morgan fingerprint density at radius 1 is 1.19 bits per heavy atom. The second-order valence-electron chi connectivity index (χ2n) is 4.99. The van der Waals surface area contributed by atoms with Gasteiger partial charge in [0.2, 0.25) is 5.95 Å². The molecule has 3 N–H and O–H groups in total. The molecule has 1 aromatic heterocycles. The van der Waals surface area contributed by atoms with E-state index < -0.39 is 0 Å². The van der Waals surface area contributed by atoms with Crippen molar-refractivity contribution in [2.45, 2.75) is 6.54 Å². The Morgan fingerprint density at radius 3 is 2.71 bits per heavy atom. The van der Waals surface area contributed by atoms with Gasteiger partial charge in [-0.25, -0.2) is 4.98 Å². The third-order valence-corrected chi connectivity index (χ3v) is 3.41. The van der Waals surface area contributed by atoms with Crippen molar-refractivity contribution in [1.82, 2.24) is 9.97 Å². The van der Waals surface area contributed by atoms with Crippen molar-refractivity contribution >= 4 is 22.5 Å². The number of nitrogens with two attached hydrogens (primary N) is 1. The van der Waals surface area contributed by atoms with Gasteiger partial charge in [-0.2, -0.15) is 0 Å². The number of H-pyrrole nitrogens is 1. The van der Waals surface area contributed by atoms with Crippen LogP contribution in [0, 0.1) is 0 Å². The van der Waals surface area contributed by atoms with Crippen LogP contribution >= 0.6 is 0 Å². The van der Waals surface area contributed by atoms with Crippen LogP contribution in [0.2, 0.25) is 0 Å². The van der Waals surface area contributed by atoms with Gasteiger partial charge in [-0.3, -0.25) is 9.78 Å². The van der Waals surface area contributed by atoms with E-state index in [4.69, 9.17) is 5.73 Å². The summed E-state index contributed by atoms with van der Waals surface area (Å²) in [5.74, 6) is 0.135. The molecule has 0 aliphatic rings. The van der Waals surface area contributed by atoms with Crippen LogP contribution < -0.4 is 16.2 Å². The van der Waals surface area contributed by atoms with Crippen LogP contribution in [0.3, 0.4) is 0 Å². The third kappa shape index (κ3) is 2.72. The van der Waals surface area contributed by atoms with E-state index in [0.717, 1.165) is 12.2 Å². The average molecular weight is 280 g/mol. The highest BCUT2D eigenvalue weighted by Gasteiger charge is 2.06. The molecule has 0 radical (unpaired) electrons. The van der Waals surface area contributed by atoms with Gasteiger partial charge in [0, 0.05) is 19.3 Å². The number of nitrogens with one attached hydrogen (secondary N) is 1. The lowest BCUT2D eigenvalue weighted by Gasteiger charge is -2.19. The molecule has 3 rings (SSSR count). The lowest BCUT2D eigenvalue weighted by molar-refractivity contribution is 0.924. The van der Waals surface area contributed by atoms with Gasteiger partial charge in [-0.05, 0) is 23.8 Å². The zero-order valence-electron chi connectivity index (χ0n) is 11.7. The van der Waals surface area contributed by atoms with Gasteiger partial charge in [-0.1, -0.05) is 30.3 Å². The zero-order chi connectivity index (χ0) is 14.8. The standard InChI is InChI=1S/C16H16N4O/c1-20(10-11-5-3-2-4-6-11)12-7-8-13-14(9-12)18-16(17)19-15(13)21/h2-9H,10H2,1H3,(H3,17,18,19,21). The van der Waals surface area contributed by atoms with Crippen LogP contribution in [0.15, 0.2) is 53.3 Å². The van der Waals surface area contributed by atoms with Crippen LogP contribution in [0.1, 0.15) is 5.56 Å². The molecular formula is C16H16N4O. The van der Waals surface area contributed by atoms with Crippen molar-refractivity contribution in [2.24, 2.45) is 0 Å². The molecule has 0 atom stereocenters. The van der Waals surface area contributed by atoms with Crippen molar-refractivity contribution in [3.63, 3.8) is 0 Å². The number of benzene rings is 2. The minimum absolute atomic E-state index is 0.135. The lowest BCUT2D eigenvalue weighted by Crippen LogP contribution is -2.17. The molecular weight excluding hydrogens is 264 g/mol. The van der Waals surface area contributed by atoms with Crippen LogP contribution in [-0.2, 0) is 6.54 Å². The van der Waals surface area contributed by atoms with Gasteiger partial charge in [-0.15, -0.1) is 0 Å². The molecule has 0 unspecified atom stereocenters. The Kier molecular flexibility index (Phi) is 3.31. The average Bonchev–Trinajstić information content (AvgIpc) is 2.47. The van der Waals surface area contributed by atoms with E-state index in [2.05, 4.69) is 27.0 Å². The molecule has 5 nitrogen and oxygen atoms in total. The van der Waals surface area contributed by atoms with E-state index in [1.165, 1.54) is 5.56 Å². The highest BCUT2D eigenvalue weighted by molar-refractivity contribution is 5.82. The molecule has 2 aromatic carbocycles. The Bertz CT molecular complexity index is 827. The van der Waals surface area contributed by atoms with Crippen LogP contribution in [-0.4, -0.2) is 17.0 Å². The Balaban J connectivity index is 1.95. The molecule has 0 saturated heterocycles. The predicted molar refractivity (Wildman–Crippen MR) is 85.3 cm³/mol. The molecule has 0 saturated carbocycles. The number of nitrogens with zero attached hydrogens (tertiary/aromatic N) is 2. The molecule has 0 fully saturated rings. The number of anilines is 2. The summed E-state index contributed by atoms with van der Waals surface area (Å²) in [6.45, 7) is 0.783. The first kappa shape index (κ1) is 13.2. The van der Waals surface area contributed by atoms with Crippen LogP contribution in [0.25, 0.3) is 10.9 Å². The van der Waals surface area contributed by atoms with Crippen molar-refractivity contribution < 1.29 is 0 Å². The van der Waals surface area contributed by atoms with E-state index in [1.807, 2.05) is 37.4 Å². The SMILES string of the molecule is CN(Cc1ccccc1)c1ccc2c(=O)[nH]c(N)nc2c1. The summed E-state index contributed by atoms with van der Waals surface area (Å²) in [5, 5.41) is 0.543. The van der Waals surface area contributed by atoms with E-state index in [0.29, 0.717) is 10.9 Å². The van der Waals surface area contributed by atoms with Crippen molar-refractivity contribution in [2.75, 3.05) is 17.7 Å². The number of aromatic nitrogens is 2. The molecule has 1 heterocycles. The number of rotatable bonds is 3. The first-order valence-corrected chi connectivity index (χ1v) is 6.68. The fourth-order valence-corrected chi connectivity index (χ4v) is 2.33. The molecule has 0 aliphatic carbocycles. The molecule has 106 valence electrons. The van der Waals surface area contributed by atoms with Crippen LogP contribution in [0.4, 0.5) is 11.6 Å². The van der Waals surface area contributed by atoms with Gasteiger partial charge in [0.05, 0.1) is 10.9 Å².